The van der Waals surface area contributed by atoms with Crippen LogP contribution in [0.2, 0.25) is 0 Å². The topological polar surface area (TPSA) is 169 Å². The van der Waals surface area contributed by atoms with Crippen molar-refractivity contribution in [3.8, 4) is 0 Å². The Morgan fingerprint density at radius 2 is 1.63 bits per heavy atom. The highest BCUT2D eigenvalue weighted by atomic mass is 16.3. The molecule has 0 aliphatic heterocycles. The summed E-state index contributed by atoms with van der Waals surface area (Å²) in [5.41, 5.74) is 0.212. The number of aromatic nitrogens is 1. The van der Waals surface area contributed by atoms with E-state index < -0.39 is 35.1 Å². The minimum absolute atomic E-state index is 0.0520. The fourth-order valence-electron chi connectivity index (χ4n) is 8.03. The number of anilines is 2. The lowest BCUT2D eigenvalue weighted by molar-refractivity contribution is -0.135. The van der Waals surface area contributed by atoms with Crippen molar-refractivity contribution in [2.75, 3.05) is 10.6 Å². The summed E-state index contributed by atoms with van der Waals surface area (Å²) in [7, 11) is 0. The molecule has 49 heavy (non-hydrogen) atoms. The summed E-state index contributed by atoms with van der Waals surface area (Å²) in [6.45, 7) is -0.205. The van der Waals surface area contributed by atoms with Crippen molar-refractivity contribution < 1.29 is 28.4 Å². The maximum atomic E-state index is 13.6. The number of fused-ring (bicyclic) bond motifs is 1. The van der Waals surface area contributed by atoms with Crippen LogP contribution in [0.4, 0.5) is 11.4 Å². The Bertz CT molecular complexity index is 1950. The number of furan rings is 1. The number of amides is 4. The Balaban J connectivity index is 1.03. The molecule has 4 aliphatic carbocycles. The first-order valence-corrected chi connectivity index (χ1v) is 16.7. The van der Waals surface area contributed by atoms with Gasteiger partial charge in [-0.2, -0.15) is 0 Å². The van der Waals surface area contributed by atoms with Gasteiger partial charge in [-0.1, -0.05) is 36.4 Å². The number of Topliss-reactive ketones (excluding diaryl/α,β-unsaturated/α-hetero) is 1. The third kappa shape index (κ3) is 6.89. The average Bonchev–Trinajstić information content (AvgIpc) is 3.73. The molecule has 4 aliphatic rings. The number of nitrogens with one attached hydrogen (secondary N) is 4. The molecule has 4 amide bonds. The Kier molecular flexibility index (Phi) is 8.85. The van der Waals surface area contributed by atoms with Crippen LogP contribution in [0.1, 0.15) is 49.1 Å². The van der Waals surface area contributed by atoms with Gasteiger partial charge in [-0.3, -0.25) is 28.8 Å². The third-order valence-corrected chi connectivity index (χ3v) is 10.2. The van der Waals surface area contributed by atoms with Gasteiger partial charge in [0, 0.05) is 29.7 Å². The van der Waals surface area contributed by atoms with Gasteiger partial charge in [0.25, 0.3) is 17.4 Å². The molecular weight excluding hydrogens is 626 g/mol. The standard InChI is InChI=1S/C37H37N5O7/c43-29(35(46)38-25-8-2-1-3-9-25)13-12-27(39-36(47)31-19-22-7-4-5-11-30(22)49-31)34(45)40-28-10-6-14-42(37(28)48)20-32(44)41-33-24-16-21-15-23(18-24)26(33)17-21/h1-11,14,19,21,23-24,26-27,33H,12-13,15-18,20H2,(H,38,46)(H,39,47)(H,40,45)(H,41,44)/t21?,23?,24?,26?,27-,33?/m0/s1. The van der Waals surface area contributed by atoms with Crippen LogP contribution in [0, 0.1) is 23.7 Å². The molecule has 4 N–H and O–H groups in total. The van der Waals surface area contributed by atoms with Gasteiger partial charge >= 0.3 is 0 Å². The van der Waals surface area contributed by atoms with Crippen LogP contribution in [-0.2, 0) is 25.7 Å². The minimum Gasteiger partial charge on any atom is -0.451 e. The number of hydrogen-bond acceptors (Lipinski definition) is 7. The number of carbonyl (C=O) groups excluding carboxylic acids is 5. The highest BCUT2D eigenvalue weighted by Crippen LogP contribution is 2.58. The van der Waals surface area contributed by atoms with E-state index in [4.69, 9.17) is 4.42 Å². The molecule has 8 rings (SSSR count). The summed E-state index contributed by atoms with van der Waals surface area (Å²) < 4.78 is 6.88. The first-order valence-electron chi connectivity index (χ1n) is 16.7. The second-order valence-electron chi connectivity index (χ2n) is 13.4. The molecule has 4 saturated carbocycles. The fraction of sp³-hybridized carbons (Fsp3) is 0.351. The molecule has 252 valence electrons. The highest BCUT2D eigenvalue weighted by molar-refractivity contribution is 6.40. The van der Waals surface area contributed by atoms with Gasteiger partial charge < -0.3 is 30.3 Å². The van der Waals surface area contributed by atoms with E-state index in [1.807, 2.05) is 0 Å². The van der Waals surface area contributed by atoms with Crippen LogP contribution in [-0.4, -0.2) is 46.1 Å². The van der Waals surface area contributed by atoms with Crippen molar-refractivity contribution in [3.05, 3.63) is 95.1 Å². The van der Waals surface area contributed by atoms with Crippen LogP contribution < -0.4 is 26.8 Å². The maximum absolute atomic E-state index is 13.6. The molecule has 4 fully saturated rings. The fourth-order valence-corrected chi connectivity index (χ4v) is 8.03. The summed E-state index contributed by atoms with van der Waals surface area (Å²) in [5.74, 6) is -0.987. The lowest BCUT2D eigenvalue weighted by atomic mass is 9.79. The molecule has 6 atom stereocenters. The lowest BCUT2D eigenvalue weighted by Gasteiger charge is -2.32. The summed E-state index contributed by atoms with van der Waals surface area (Å²) in [6.07, 6.45) is 5.58. The first kappa shape index (κ1) is 32.0. The van der Waals surface area contributed by atoms with Crippen LogP contribution in [0.3, 0.4) is 0 Å². The van der Waals surface area contributed by atoms with Crippen molar-refractivity contribution in [3.63, 3.8) is 0 Å². The molecule has 2 aromatic heterocycles. The molecule has 12 heteroatoms. The number of ketones is 1. The van der Waals surface area contributed by atoms with E-state index in [-0.39, 0.29) is 42.8 Å². The molecular formula is C37H37N5O7. The predicted octanol–water partition coefficient (Wildman–Crippen LogP) is 3.87. The predicted molar refractivity (Wildman–Crippen MR) is 180 cm³/mol. The molecule has 5 unspecified atom stereocenters. The Hall–Kier alpha value is -5.52. The molecule has 0 saturated heterocycles. The van der Waals surface area contributed by atoms with Crippen LogP contribution >= 0.6 is 0 Å². The van der Waals surface area contributed by atoms with Crippen LogP contribution in [0.5, 0.6) is 0 Å². The SMILES string of the molecule is O=C(Cn1cccc(NC(=O)[C@H](CCC(=O)C(=O)Nc2ccccc2)NC(=O)c2cc3ccccc3o2)c1=O)NC1C2CC3CC(C2)C1C3. The summed E-state index contributed by atoms with van der Waals surface area (Å²) in [4.78, 5) is 78.6. The normalized spacial score (nSPS) is 22.4. The number of benzene rings is 2. The van der Waals surface area contributed by atoms with Crippen molar-refractivity contribution >= 4 is 51.8 Å². The quantitative estimate of drug-likeness (QED) is 0.167. The molecule has 4 aromatic rings. The number of rotatable bonds is 12. The van der Waals surface area contributed by atoms with E-state index in [9.17, 15) is 28.8 Å². The maximum Gasteiger partial charge on any atom is 0.291 e. The third-order valence-electron chi connectivity index (χ3n) is 10.2. The number of para-hydroxylation sites is 2. The van der Waals surface area contributed by atoms with E-state index in [0.717, 1.165) is 25.2 Å². The van der Waals surface area contributed by atoms with Gasteiger partial charge in [0.2, 0.25) is 17.6 Å². The van der Waals surface area contributed by atoms with E-state index in [1.165, 1.54) is 29.3 Å². The molecule has 2 heterocycles. The van der Waals surface area contributed by atoms with Gasteiger partial charge in [0.15, 0.2) is 5.76 Å². The minimum atomic E-state index is -1.32. The first-order chi connectivity index (χ1) is 23.7. The number of carbonyl (C=O) groups is 5. The van der Waals surface area contributed by atoms with E-state index in [2.05, 4.69) is 21.3 Å². The number of nitrogens with zero attached hydrogens (tertiary/aromatic N) is 1. The highest BCUT2D eigenvalue weighted by Gasteiger charge is 2.54. The number of hydrogen-bond donors (Lipinski definition) is 4. The Morgan fingerprint density at radius 1 is 0.857 bits per heavy atom. The zero-order valence-corrected chi connectivity index (χ0v) is 26.7. The monoisotopic (exact) mass is 663 g/mol. The molecule has 4 bridgehead atoms. The van der Waals surface area contributed by atoms with E-state index >= 15 is 0 Å². The van der Waals surface area contributed by atoms with E-state index in [0.29, 0.717) is 34.4 Å². The molecule has 12 nitrogen and oxygen atoms in total. The lowest BCUT2D eigenvalue weighted by Crippen LogP contribution is -2.46. The van der Waals surface area contributed by atoms with Crippen molar-refractivity contribution in [1.82, 2.24) is 15.2 Å². The van der Waals surface area contributed by atoms with Crippen LogP contribution in [0.25, 0.3) is 11.0 Å². The Labute approximate surface area is 281 Å². The van der Waals surface area contributed by atoms with Gasteiger partial charge in [0.05, 0.1) is 0 Å². The summed E-state index contributed by atoms with van der Waals surface area (Å²) in [6, 6.07) is 18.8. The van der Waals surface area contributed by atoms with Crippen molar-refractivity contribution in [1.29, 1.82) is 0 Å². The zero-order chi connectivity index (χ0) is 34.1. The smallest absolute Gasteiger partial charge is 0.291 e. The van der Waals surface area contributed by atoms with Gasteiger partial charge in [-0.25, -0.2) is 0 Å². The second kappa shape index (κ2) is 13.5. The van der Waals surface area contributed by atoms with Gasteiger partial charge in [0.1, 0.15) is 23.9 Å². The molecule has 0 spiro atoms. The van der Waals surface area contributed by atoms with Crippen molar-refractivity contribution in [2.45, 2.75) is 57.2 Å². The molecule has 2 aromatic carbocycles. The Morgan fingerprint density at radius 3 is 2.43 bits per heavy atom. The van der Waals surface area contributed by atoms with Gasteiger partial charge in [-0.05, 0) is 92.2 Å². The van der Waals surface area contributed by atoms with E-state index in [1.54, 1.807) is 60.7 Å². The number of pyridine rings is 1. The van der Waals surface area contributed by atoms with Gasteiger partial charge in [-0.15, -0.1) is 0 Å². The largest absolute Gasteiger partial charge is 0.451 e. The molecule has 0 radical (unpaired) electrons. The van der Waals surface area contributed by atoms with Crippen molar-refractivity contribution in [2.24, 2.45) is 23.7 Å². The summed E-state index contributed by atoms with van der Waals surface area (Å²) in [5, 5.41) is 11.5. The zero-order valence-electron chi connectivity index (χ0n) is 26.7. The summed E-state index contributed by atoms with van der Waals surface area (Å²) >= 11 is 0. The average molecular weight is 664 g/mol. The second-order valence-corrected chi connectivity index (χ2v) is 13.4. The van der Waals surface area contributed by atoms with Crippen LogP contribution in [0.15, 0.2) is 88.2 Å².